The van der Waals surface area contributed by atoms with Gasteiger partial charge in [0.15, 0.2) is 12.4 Å². The van der Waals surface area contributed by atoms with Crippen molar-refractivity contribution >= 4 is 11.7 Å². The fourth-order valence-corrected chi connectivity index (χ4v) is 1.06. The molecule has 0 aliphatic rings. The average Bonchev–Trinajstić information content (AvgIpc) is 2.22. The largest absolute Gasteiger partial charge is 0.337 e. The highest BCUT2D eigenvalue weighted by molar-refractivity contribution is 5.88. The molecule has 0 fully saturated rings. The number of nitrogens with one attached hydrogen (secondary N) is 3. The van der Waals surface area contributed by atoms with Crippen molar-refractivity contribution in [2.24, 2.45) is 7.05 Å². The normalized spacial score (nSPS) is 9.73. The van der Waals surface area contributed by atoms with Crippen LogP contribution in [0.2, 0.25) is 0 Å². The number of nitrogens with zero attached hydrogens (tertiary/aromatic N) is 1. The van der Waals surface area contributed by atoms with Gasteiger partial charge in [0, 0.05) is 25.2 Å². The molecule has 0 aliphatic heterocycles. The predicted octanol–water partition coefficient (Wildman–Crippen LogP) is -0.148. The Hall–Kier alpha value is -1.62. The maximum Gasteiger partial charge on any atom is 0.319 e. The minimum absolute atomic E-state index is 0.181. The summed E-state index contributed by atoms with van der Waals surface area (Å²) in [6.07, 6.45) is 3.76. The number of aromatic nitrogens is 1. The molecule has 5 nitrogen and oxygen atoms in total. The summed E-state index contributed by atoms with van der Waals surface area (Å²) >= 11 is 0. The molecule has 0 radical (unpaired) electrons. The molecule has 0 aromatic carbocycles. The molecule has 82 valence electrons. The standard InChI is InChI=1S/C10H16N4O/c1-11-5-6-12-10(15)13-9-3-7-14(2)8-4-9/h3-4,7-8,11H,5-6H2,1-2H3,(H,12,15)/p+1. The molecule has 1 rings (SSSR count). The van der Waals surface area contributed by atoms with Gasteiger partial charge in [0.1, 0.15) is 7.05 Å². The van der Waals surface area contributed by atoms with Crippen molar-refractivity contribution in [2.45, 2.75) is 0 Å². The number of aryl methyl sites for hydroxylation is 1. The summed E-state index contributed by atoms with van der Waals surface area (Å²) in [7, 11) is 3.77. The monoisotopic (exact) mass is 209 g/mol. The number of pyridine rings is 1. The van der Waals surface area contributed by atoms with Crippen molar-refractivity contribution in [1.82, 2.24) is 10.6 Å². The van der Waals surface area contributed by atoms with Crippen molar-refractivity contribution in [3.63, 3.8) is 0 Å². The zero-order valence-corrected chi connectivity index (χ0v) is 9.08. The third-order valence-corrected chi connectivity index (χ3v) is 1.90. The van der Waals surface area contributed by atoms with E-state index in [0.29, 0.717) is 6.54 Å². The topological polar surface area (TPSA) is 57.0 Å². The Kier molecular flexibility index (Phi) is 4.56. The highest BCUT2D eigenvalue weighted by atomic mass is 16.2. The van der Waals surface area contributed by atoms with Gasteiger partial charge in [-0.05, 0) is 7.05 Å². The quantitative estimate of drug-likeness (QED) is 0.477. The van der Waals surface area contributed by atoms with Crippen LogP contribution >= 0.6 is 0 Å². The number of urea groups is 1. The van der Waals surface area contributed by atoms with Crippen molar-refractivity contribution in [1.29, 1.82) is 0 Å². The Morgan fingerprint density at radius 2 is 2.00 bits per heavy atom. The van der Waals surface area contributed by atoms with Crippen LogP contribution in [-0.2, 0) is 7.05 Å². The lowest BCUT2D eigenvalue weighted by Gasteiger charge is -2.06. The molecular formula is C10H17N4O+. The molecule has 0 saturated heterocycles. The van der Waals surface area contributed by atoms with E-state index >= 15 is 0 Å². The highest BCUT2D eigenvalue weighted by Crippen LogP contribution is 2.00. The average molecular weight is 209 g/mol. The molecule has 0 atom stereocenters. The zero-order valence-electron chi connectivity index (χ0n) is 9.08. The predicted molar refractivity (Wildman–Crippen MR) is 58.6 cm³/mol. The van der Waals surface area contributed by atoms with E-state index in [1.54, 1.807) is 0 Å². The third kappa shape index (κ3) is 4.42. The van der Waals surface area contributed by atoms with Crippen LogP contribution in [0.1, 0.15) is 0 Å². The second kappa shape index (κ2) is 5.98. The van der Waals surface area contributed by atoms with Crippen LogP contribution in [0.3, 0.4) is 0 Å². The summed E-state index contributed by atoms with van der Waals surface area (Å²) in [6, 6.07) is 3.51. The van der Waals surface area contributed by atoms with E-state index < -0.39 is 0 Å². The fraction of sp³-hybridized carbons (Fsp3) is 0.400. The van der Waals surface area contributed by atoms with Gasteiger partial charge in [-0.1, -0.05) is 0 Å². The molecular weight excluding hydrogens is 192 g/mol. The Morgan fingerprint density at radius 3 is 2.60 bits per heavy atom. The van der Waals surface area contributed by atoms with Gasteiger partial charge in [-0.2, -0.15) is 0 Å². The lowest BCUT2D eigenvalue weighted by Crippen LogP contribution is -2.34. The van der Waals surface area contributed by atoms with Crippen LogP contribution in [0.4, 0.5) is 10.5 Å². The SMILES string of the molecule is CNCCNC(=O)Nc1cc[n+](C)cc1. The fourth-order valence-electron chi connectivity index (χ4n) is 1.06. The van der Waals surface area contributed by atoms with Crippen LogP contribution in [0.25, 0.3) is 0 Å². The van der Waals surface area contributed by atoms with E-state index in [1.807, 2.05) is 43.2 Å². The molecule has 3 N–H and O–H groups in total. The van der Waals surface area contributed by atoms with Crippen molar-refractivity contribution in [2.75, 3.05) is 25.5 Å². The van der Waals surface area contributed by atoms with Crippen LogP contribution in [0, 0.1) is 0 Å². The molecule has 1 aromatic heterocycles. The molecule has 5 heteroatoms. The number of carbonyl (C=O) groups excluding carboxylic acids is 1. The Bertz CT molecular complexity index is 310. The molecule has 1 heterocycles. The summed E-state index contributed by atoms with van der Waals surface area (Å²) in [6.45, 7) is 1.38. The van der Waals surface area contributed by atoms with Gasteiger partial charge in [-0.15, -0.1) is 0 Å². The summed E-state index contributed by atoms with van der Waals surface area (Å²) in [5, 5.41) is 8.41. The number of hydrogen-bond donors (Lipinski definition) is 3. The first-order valence-corrected chi connectivity index (χ1v) is 4.87. The van der Waals surface area contributed by atoms with Gasteiger partial charge < -0.3 is 16.0 Å². The minimum atomic E-state index is -0.181. The number of amides is 2. The number of rotatable bonds is 4. The smallest absolute Gasteiger partial charge is 0.319 e. The number of hydrogen-bond acceptors (Lipinski definition) is 2. The molecule has 0 saturated carbocycles. The summed E-state index contributed by atoms with van der Waals surface area (Å²) < 4.78 is 1.91. The molecule has 2 amide bonds. The molecule has 0 aliphatic carbocycles. The lowest BCUT2D eigenvalue weighted by atomic mass is 10.4. The molecule has 1 aromatic rings. The Morgan fingerprint density at radius 1 is 1.33 bits per heavy atom. The second-order valence-electron chi connectivity index (χ2n) is 3.24. The highest BCUT2D eigenvalue weighted by Gasteiger charge is 2.01. The van der Waals surface area contributed by atoms with Gasteiger partial charge in [-0.3, -0.25) is 0 Å². The van der Waals surface area contributed by atoms with Crippen LogP contribution in [0.15, 0.2) is 24.5 Å². The van der Waals surface area contributed by atoms with Gasteiger partial charge in [0.05, 0.1) is 5.69 Å². The number of likely N-dealkylation sites (N-methyl/N-ethyl adjacent to an activating group) is 1. The lowest BCUT2D eigenvalue weighted by molar-refractivity contribution is -0.671. The zero-order chi connectivity index (χ0) is 11.1. The second-order valence-corrected chi connectivity index (χ2v) is 3.24. The van der Waals surface area contributed by atoms with Gasteiger partial charge in [0.25, 0.3) is 0 Å². The van der Waals surface area contributed by atoms with E-state index in [2.05, 4.69) is 16.0 Å². The minimum Gasteiger partial charge on any atom is -0.337 e. The van der Waals surface area contributed by atoms with Gasteiger partial charge in [0.2, 0.25) is 0 Å². The van der Waals surface area contributed by atoms with E-state index in [1.165, 1.54) is 0 Å². The Labute approximate surface area is 89.5 Å². The first-order valence-electron chi connectivity index (χ1n) is 4.87. The maximum absolute atomic E-state index is 11.3. The van der Waals surface area contributed by atoms with E-state index in [9.17, 15) is 4.79 Å². The number of carbonyl (C=O) groups is 1. The van der Waals surface area contributed by atoms with E-state index in [4.69, 9.17) is 0 Å². The molecule has 15 heavy (non-hydrogen) atoms. The van der Waals surface area contributed by atoms with E-state index in [0.717, 1.165) is 12.2 Å². The van der Waals surface area contributed by atoms with Crippen LogP contribution in [-0.4, -0.2) is 26.2 Å². The molecule has 0 unspecified atom stereocenters. The van der Waals surface area contributed by atoms with Crippen molar-refractivity contribution < 1.29 is 9.36 Å². The van der Waals surface area contributed by atoms with Crippen LogP contribution < -0.4 is 20.5 Å². The number of anilines is 1. The Balaban J connectivity index is 2.34. The van der Waals surface area contributed by atoms with Crippen LogP contribution in [0.5, 0.6) is 0 Å². The summed E-state index contributed by atoms with van der Waals surface area (Å²) in [5.74, 6) is 0. The molecule has 0 bridgehead atoms. The summed E-state index contributed by atoms with van der Waals surface area (Å²) in [4.78, 5) is 11.3. The first kappa shape index (κ1) is 11.5. The van der Waals surface area contributed by atoms with E-state index in [-0.39, 0.29) is 6.03 Å². The van der Waals surface area contributed by atoms with Gasteiger partial charge >= 0.3 is 6.03 Å². The van der Waals surface area contributed by atoms with Crippen molar-refractivity contribution in [3.8, 4) is 0 Å². The molecule has 0 spiro atoms. The third-order valence-electron chi connectivity index (χ3n) is 1.90. The van der Waals surface area contributed by atoms with Gasteiger partial charge in [-0.25, -0.2) is 9.36 Å². The first-order chi connectivity index (χ1) is 7.22. The summed E-state index contributed by atoms with van der Waals surface area (Å²) in [5.41, 5.74) is 0.787. The maximum atomic E-state index is 11.3. The van der Waals surface area contributed by atoms with Crippen molar-refractivity contribution in [3.05, 3.63) is 24.5 Å².